The minimum absolute atomic E-state index is 0.231. The van der Waals surface area contributed by atoms with Crippen LogP contribution < -0.4 is 15.4 Å². The van der Waals surface area contributed by atoms with Crippen molar-refractivity contribution in [2.45, 2.75) is 38.0 Å². The molecule has 8 nitrogen and oxygen atoms in total. The topological polar surface area (TPSA) is 103 Å². The third-order valence-electron chi connectivity index (χ3n) is 4.41. The molecule has 0 radical (unpaired) electrons. The summed E-state index contributed by atoms with van der Waals surface area (Å²) in [4.78, 5) is 18.2. The Morgan fingerprint density at radius 2 is 1.93 bits per heavy atom. The summed E-state index contributed by atoms with van der Waals surface area (Å²) in [6.07, 6.45) is 2.42. The number of guanidine groups is 1. The SMILES string of the molecule is CCNC(=NCCCN1CCCC1=O)NCCNS(=O)(=O)c1ccc(C)cc1. The fourth-order valence-electron chi connectivity index (χ4n) is 2.90. The molecule has 0 saturated carbocycles. The number of rotatable bonds is 10. The van der Waals surface area contributed by atoms with Gasteiger partial charge in [-0.05, 0) is 38.8 Å². The molecule has 0 bridgehead atoms. The summed E-state index contributed by atoms with van der Waals surface area (Å²) in [5.41, 5.74) is 1.02. The Bertz CT molecular complexity index is 762. The lowest BCUT2D eigenvalue weighted by molar-refractivity contribution is -0.127. The van der Waals surface area contributed by atoms with E-state index in [2.05, 4.69) is 20.3 Å². The molecule has 1 heterocycles. The van der Waals surface area contributed by atoms with Crippen molar-refractivity contribution >= 4 is 21.9 Å². The van der Waals surface area contributed by atoms with Gasteiger partial charge in [0.25, 0.3) is 0 Å². The average Bonchev–Trinajstić information content (AvgIpc) is 3.07. The molecular formula is C19H31N5O3S. The van der Waals surface area contributed by atoms with Gasteiger partial charge in [-0.2, -0.15) is 0 Å². The lowest BCUT2D eigenvalue weighted by Gasteiger charge is -2.15. The van der Waals surface area contributed by atoms with Crippen molar-refractivity contribution in [3.63, 3.8) is 0 Å². The highest BCUT2D eigenvalue weighted by molar-refractivity contribution is 7.89. The highest BCUT2D eigenvalue weighted by Gasteiger charge is 2.18. The highest BCUT2D eigenvalue weighted by atomic mass is 32.2. The largest absolute Gasteiger partial charge is 0.357 e. The molecule has 28 heavy (non-hydrogen) atoms. The Morgan fingerprint density at radius 1 is 1.18 bits per heavy atom. The second-order valence-corrected chi connectivity index (χ2v) is 8.50. The van der Waals surface area contributed by atoms with Crippen LogP contribution >= 0.6 is 0 Å². The van der Waals surface area contributed by atoms with Gasteiger partial charge in [-0.25, -0.2) is 13.1 Å². The lowest BCUT2D eigenvalue weighted by Crippen LogP contribution is -2.41. The second-order valence-electron chi connectivity index (χ2n) is 6.74. The van der Waals surface area contributed by atoms with Crippen LogP contribution in [0.25, 0.3) is 0 Å². The molecule has 1 fully saturated rings. The molecule has 3 N–H and O–H groups in total. The van der Waals surface area contributed by atoms with Crippen LogP contribution in [0.2, 0.25) is 0 Å². The summed E-state index contributed by atoms with van der Waals surface area (Å²) >= 11 is 0. The van der Waals surface area contributed by atoms with Gasteiger partial charge in [0.1, 0.15) is 0 Å². The standard InChI is InChI=1S/C19H31N5O3S/c1-3-20-19(21-11-5-15-24-14-4-6-18(24)25)22-12-13-23-28(26,27)17-9-7-16(2)8-10-17/h7-10,23H,3-6,11-15H2,1-2H3,(H2,20,21,22). The monoisotopic (exact) mass is 409 g/mol. The number of sulfonamides is 1. The van der Waals surface area contributed by atoms with Gasteiger partial charge in [0, 0.05) is 45.7 Å². The number of nitrogens with zero attached hydrogens (tertiary/aromatic N) is 2. The molecular weight excluding hydrogens is 378 g/mol. The molecule has 0 aliphatic carbocycles. The lowest BCUT2D eigenvalue weighted by atomic mass is 10.2. The van der Waals surface area contributed by atoms with E-state index in [1.165, 1.54) is 0 Å². The number of hydrogen-bond donors (Lipinski definition) is 3. The van der Waals surface area contributed by atoms with Crippen molar-refractivity contribution in [3.8, 4) is 0 Å². The maximum Gasteiger partial charge on any atom is 0.240 e. The maximum absolute atomic E-state index is 12.3. The zero-order valence-electron chi connectivity index (χ0n) is 16.7. The van der Waals surface area contributed by atoms with E-state index in [0.29, 0.717) is 32.0 Å². The molecule has 1 amide bonds. The molecule has 0 unspecified atom stereocenters. The quantitative estimate of drug-likeness (QED) is 0.302. The Kier molecular flexibility index (Phi) is 8.72. The maximum atomic E-state index is 12.3. The van der Waals surface area contributed by atoms with Crippen LogP contribution in [0, 0.1) is 6.92 Å². The fourth-order valence-corrected chi connectivity index (χ4v) is 3.93. The molecule has 0 aromatic heterocycles. The summed E-state index contributed by atoms with van der Waals surface area (Å²) in [6.45, 7) is 7.46. The molecule has 156 valence electrons. The molecule has 2 rings (SSSR count). The van der Waals surface area contributed by atoms with E-state index in [-0.39, 0.29) is 17.3 Å². The number of aryl methyl sites for hydroxylation is 1. The van der Waals surface area contributed by atoms with Gasteiger partial charge in [-0.3, -0.25) is 9.79 Å². The van der Waals surface area contributed by atoms with Crippen molar-refractivity contribution in [1.29, 1.82) is 0 Å². The van der Waals surface area contributed by atoms with E-state index in [4.69, 9.17) is 0 Å². The van der Waals surface area contributed by atoms with Crippen molar-refractivity contribution in [1.82, 2.24) is 20.3 Å². The smallest absolute Gasteiger partial charge is 0.240 e. The number of carbonyl (C=O) groups excluding carboxylic acids is 1. The second kappa shape index (κ2) is 11.0. The fraction of sp³-hybridized carbons (Fsp3) is 0.579. The third kappa shape index (κ3) is 7.12. The van der Waals surface area contributed by atoms with Gasteiger partial charge in [-0.15, -0.1) is 0 Å². The Balaban J connectivity index is 1.72. The number of amides is 1. The summed E-state index contributed by atoms with van der Waals surface area (Å²) in [7, 11) is -3.51. The van der Waals surface area contributed by atoms with Gasteiger partial charge in [0.15, 0.2) is 5.96 Å². The van der Waals surface area contributed by atoms with E-state index in [0.717, 1.165) is 31.5 Å². The van der Waals surface area contributed by atoms with Gasteiger partial charge in [0.2, 0.25) is 15.9 Å². The number of carbonyl (C=O) groups is 1. The van der Waals surface area contributed by atoms with E-state index in [1.54, 1.807) is 24.3 Å². The molecule has 0 spiro atoms. The molecule has 1 saturated heterocycles. The molecule has 1 aliphatic rings. The third-order valence-corrected chi connectivity index (χ3v) is 5.89. The number of aliphatic imine (C=N–C) groups is 1. The van der Waals surface area contributed by atoms with Crippen LogP contribution in [0.5, 0.6) is 0 Å². The average molecular weight is 410 g/mol. The van der Waals surface area contributed by atoms with Crippen molar-refractivity contribution in [2.75, 3.05) is 39.3 Å². The van der Waals surface area contributed by atoms with Crippen LogP contribution in [-0.4, -0.2) is 64.5 Å². The summed E-state index contributed by atoms with van der Waals surface area (Å²) in [5.74, 6) is 0.875. The zero-order valence-corrected chi connectivity index (χ0v) is 17.5. The van der Waals surface area contributed by atoms with Crippen LogP contribution in [0.1, 0.15) is 31.7 Å². The van der Waals surface area contributed by atoms with Gasteiger partial charge in [-0.1, -0.05) is 17.7 Å². The predicted octanol–water partition coefficient (Wildman–Crippen LogP) is 0.841. The van der Waals surface area contributed by atoms with E-state index in [9.17, 15) is 13.2 Å². The predicted molar refractivity (Wildman–Crippen MR) is 111 cm³/mol. The molecule has 0 atom stereocenters. The number of nitrogens with one attached hydrogen (secondary N) is 3. The molecule has 1 aromatic rings. The summed E-state index contributed by atoms with van der Waals surface area (Å²) in [5, 5.41) is 6.26. The van der Waals surface area contributed by atoms with Gasteiger partial charge >= 0.3 is 0 Å². The Labute approximate surface area is 167 Å². The van der Waals surface area contributed by atoms with E-state index < -0.39 is 10.0 Å². The van der Waals surface area contributed by atoms with Gasteiger partial charge in [0.05, 0.1) is 4.90 Å². The zero-order chi connectivity index (χ0) is 20.4. The van der Waals surface area contributed by atoms with Crippen LogP contribution in [0.3, 0.4) is 0 Å². The van der Waals surface area contributed by atoms with Gasteiger partial charge < -0.3 is 15.5 Å². The van der Waals surface area contributed by atoms with Crippen LogP contribution in [0.15, 0.2) is 34.2 Å². The molecule has 1 aliphatic heterocycles. The molecule has 9 heteroatoms. The summed E-state index contributed by atoms with van der Waals surface area (Å²) in [6, 6.07) is 6.75. The Hall–Kier alpha value is -2.13. The van der Waals surface area contributed by atoms with Crippen LogP contribution in [-0.2, 0) is 14.8 Å². The number of benzene rings is 1. The minimum Gasteiger partial charge on any atom is -0.357 e. The molecule has 1 aromatic carbocycles. The van der Waals surface area contributed by atoms with Crippen molar-refractivity contribution in [3.05, 3.63) is 29.8 Å². The van der Waals surface area contributed by atoms with Crippen LogP contribution in [0.4, 0.5) is 0 Å². The number of likely N-dealkylation sites (tertiary alicyclic amines) is 1. The van der Waals surface area contributed by atoms with E-state index in [1.807, 2.05) is 18.7 Å². The first-order chi connectivity index (χ1) is 13.4. The minimum atomic E-state index is -3.51. The summed E-state index contributed by atoms with van der Waals surface area (Å²) < 4.78 is 27.1. The van der Waals surface area contributed by atoms with Crippen molar-refractivity contribution < 1.29 is 13.2 Å². The highest BCUT2D eigenvalue weighted by Crippen LogP contribution is 2.10. The first-order valence-electron chi connectivity index (χ1n) is 9.78. The van der Waals surface area contributed by atoms with E-state index >= 15 is 0 Å². The number of hydrogen-bond acceptors (Lipinski definition) is 4. The first kappa shape index (κ1) is 22.2. The Morgan fingerprint density at radius 3 is 2.57 bits per heavy atom. The van der Waals surface area contributed by atoms with Crippen molar-refractivity contribution in [2.24, 2.45) is 4.99 Å². The first-order valence-corrected chi connectivity index (χ1v) is 11.3. The normalized spacial score (nSPS) is 15.1.